The number of H-pyrrole nitrogens is 1. The molecule has 2 aromatic carbocycles. The first-order valence-corrected chi connectivity index (χ1v) is 12.7. The van der Waals surface area contributed by atoms with Crippen molar-refractivity contribution < 1.29 is 0 Å². The number of fused-ring (bicyclic) bond motifs is 1. The lowest BCUT2D eigenvalue weighted by molar-refractivity contribution is 0.174. The van der Waals surface area contributed by atoms with Gasteiger partial charge in [0.15, 0.2) is 0 Å². The minimum Gasteiger partial charge on any atom is -0.369 e. The molecule has 1 aromatic heterocycles. The molecule has 3 nitrogen and oxygen atoms in total. The van der Waals surface area contributed by atoms with Gasteiger partial charge in [-0.05, 0) is 61.9 Å². The molecule has 4 heteroatoms. The van der Waals surface area contributed by atoms with Crippen molar-refractivity contribution >= 4 is 28.4 Å². The van der Waals surface area contributed by atoms with E-state index in [2.05, 4.69) is 83.2 Å². The van der Waals surface area contributed by atoms with Gasteiger partial charge in [0.25, 0.3) is 0 Å². The second kappa shape index (κ2) is 11.4. The second-order valence-corrected chi connectivity index (χ2v) is 8.78. The molecule has 4 rings (SSSR count). The van der Waals surface area contributed by atoms with Crippen LogP contribution in [-0.2, 0) is 6.42 Å². The van der Waals surface area contributed by atoms with Crippen LogP contribution in [0.3, 0.4) is 0 Å². The van der Waals surface area contributed by atoms with E-state index in [0.29, 0.717) is 0 Å². The molecule has 2 heterocycles. The largest absolute Gasteiger partial charge is 0.369 e. The van der Waals surface area contributed by atoms with Crippen LogP contribution in [0.25, 0.3) is 16.6 Å². The van der Waals surface area contributed by atoms with E-state index in [-0.39, 0.29) is 0 Å². The molecule has 1 aliphatic rings. The highest BCUT2D eigenvalue weighted by atomic mass is 32.2. The molecule has 0 atom stereocenters. The van der Waals surface area contributed by atoms with Gasteiger partial charge in [0, 0.05) is 59.4 Å². The van der Waals surface area contributed by atoms with E-state index in [9.17, 15) is 0 Å². The predicted octanol–water partition coefficient (Wildman–Crippen LogP) is 6.45. The number of hydrogen-bond acceptors (Lipinski definition) is 3. The van der Waals surface area contributed by atoms with Crippen LogP contribution in [0.5, 0.6) is 0 Å². The van der Waals surface area contributed by atoms with Gasteiger partial charge in [0.2, 0.25) is 0 Å². The summed E-state index contributed by atoms with van der Waals surface area (Å²) < 4.78 is 0. The molecular formula is C27H37N3S. The molecule has 0 bridgehead atoms. The summed E-state index contributed by atoms with van der Waals surface area (Å²) in [6.45, 7) is 16.1. The molecule has 0 saturated carbocycles. The Hall–Kier alpha value is -2.17. The van der Waals surface area contributed by atoms with E-state index < -0.39 is 0 Å². The van der Waals surface area contributed by atoms with Crippen LogP contribution in [0.2, 0.25) is 0 Å². The molecule has 1 aliphatic heterocycles. The van der Waals surface area contributed by atoms with Gasteiger partial charge < -0.3 is 9.88 Å². The van der Waals surface area contributed by atoms with E-state index in [1.54, 1.807) is 11.8 Å². The lowest BCUT2D eigenvalue weighted by Gasteiger charge is -2.37. The van der Waals surface area contributed by atoms with Crippen LogP contribution >= 0.6 is 11.8 Å². The second-order valence-electron chi connectivity index (χ2n) is 7.93. The van der Waals surface area contributed by atoms with Gasteiger partial charge >= 0.3 is 0 Å². The molecule has 1 N–H and O–H groups in total. The highest BCUT2D eigenvalue weighted by Crippen LogP contribution is 2.28. The van der Waals surface area contributed by atoms with Crippen molar-refractivity contribution in [2.75, 3.05) is 39.0 Å². The Morgan fingerprint density at radius 3 is 2.55 bits per heavy atom. The molecule has 0 radical (unpaired) electrons. The predicted molar refractivity (Wildman–Crippen MR) is 138 cm³/mol. The van der Waals surface area contributed by atoms with E-state index in [1.807, 2.05) is 13.8 Å². The maximum absolute atomic E-state index is 4.40. The number of nitrogens with one attached hydrogen (secondary N) is 1. The van der Waals surface area contributed by atoms with Crippen molar-refractivity contribution in [2.24, 2.45) is 0 Å². The minimum absolute atomic E-state index is 1.07. The molecule has 0 spiro atoms. The topological polar surface area (TPSA) is 22.3 Å². The summed E-state index contributed by atoms with van der Waals surface area (Å²) in [5.41, 5.74) is 6.47. The molecule has 1 fully saturated rings. The lowest BCUT2D eigenvalue weighted by atomic mass is 10.1. The van der Waals surface area contributed by atoms with Crippen LogP contribution in [0.1, 0.15) is 37.0 Å². The van der Waals surface area contributed by atoms with Gasteiger partial charge in [-0.15, -0.1) is 11.8 Å². The standard InChI is InChI=1S/C25H31N3S.C2H6/c1-19-18-26-24-11-10-21(17-23(19)24)7-6-12-27-13-15-28(16-14-27)20(2)22-8-4-5-9-25(22)29-3;1-2/h4-5,8-11,17-18,26H,2,6-7,12-16H2,1,3H3;1-2H3. The highest BCUT2D eigenvalue weighted by molar-refractivity contribution is 7.98. The molecule has 31 heavy (non-hydrogen) atoms. The van der Waals surface area contributed by atoms with Crippen molar-refractivity contribution in [3.8, 4) is 0 Å². The number of thioether (sulfide) groups is 1. The molecule has 3 aromatic rings. The summed E-state index contributed by atoms with van der Waals surface area (Å²) in [5.74, 6) is 0. The number of benzene rings is 2. The number of aryl methyl sites for hydroxylation is 2. The lowest BCUT2D eigenvalue weighted by Crippen LogP contribution is -2.45. The monoisotopic (exact) mass is 435 g/mol. The highest BCUT2D eigenvalue weighted by Gasteiger charge is 2.19. The molecule has 166 valence electrons. The molecule has 0 unspecified atom stereocenters. The third-order valence-electron chi connectivity index (χ3n) is 6.06. The number of nitrogens with zero attached hydrogens (tertiary/aromatic N) is 2. The molecule has 0 aliphatic carbocycles. The van der Waals surface area contributed by atoms with E-state index in [1.165, 1.54) is 51.2 Å². The third kappa shape index (κ3) is 5.75. The normalized spacial score (nSPS) is 14.4. The fourth-order valence-electron chi connectivity index (χ4n) is 4.26. The summed E-state index contributed by atoms with van der Waals surface area (Å²) in [7, 11) is 0. The maximum atomic E-state index is 4.40. The maximum Gasteiger partial charge on any atom is 0.0456 e. The third-order valence-corrected chi connectivity index (χ3v) is 6.86. The van der Waals surface area contributed by atoms with Crippen molar-refractivity contribution in [3.05, 3.63) is 71.9 Å². The Morgan fingerprint density at radius 2 is 1.81 bits per heavy atom. The number of piperazine rings is 1. The fraction of sp³-hybridized carbons (Fsp3) is 0.407. The van der Waals surface area contributed by atoms with Gasteiger partial charge in [0.1, 0.15) is 0 Å². The van der Waals surface area contributed by atoms with E-state index in [4.69, 9.17) is 0 Å². The van der Waals surface area contributed by atoms with E-state index >= 15 is 0 Å². The van der Waals surface area contributed by atoms with Gasteiger partial charge in [0.05, 0.1) is 0 Å². The number of hydrogen-bond donors (Lipinski definition) is 1. The van der Waals surface area contributed by atoms with Gasteiger partial charge in [-0.3, -0.25) is 4.90 Å². The summed E-state index contributed by atoms with van der Waals surface area (Å²) in [6.07, 6.45) is 6.60. The Balaban J connectivity index is 0.00000132. The summed E-state index contributed by atoms with van der Waals surface area (Å²) in [6, 6.07) is 15.4. The van der Waals surface area contributed by atoms with Crippen LogP contribution in [0, 0.1) is 6.92 Å². The average molecular weight is 436 g/mol. The SMILES string of the molecule is C=C(c1ccccc1SC)N1CCN(CCCc2ccc3[nH]cc(C)c3c2)CC1.CC. The van der Waals surface area contributed by atoms with Crippen molar-refractivity contribution in [2.45, 2.75) is 38.5 Å². The number of aromatic nitrogens is 1. The average Bonchev–Trinajstić information content (AvgIpc) is 3.20. The van der Waals surface area contributed by atoms with Gasteiger partial charge in [-0.2, -0.15) is 0 Å². The van der Waals surface area contributed by atoms with Crippen LogP contribution in [0.15, 0.2) is 60.1 Å². The zero-order valence-electron chi connectivity index (χ0n) is 19.6. The Morgan fingerprint density at radius 1 is 1.06 bits per heavy atom. The summed E-state index contributed by atoms with van der Waals surface area (Å²) >= 11 is 1.80. The van der Waals surface area contributed by atoms with Crippen LogP contribution in [-0.4, -0.2) is 53.8 Å². The van der Waals surface area contributed by atoms with E-state index in [0.717, 1.165) is 32.6 Å². The first kappa shape index (κ1) is 23.5. The van der Waals surface area contributed by atoms with Gasteiger partial charge in [-0.25, -0.2) is 0 Å². The Kier molecular flexibility index (Phi) is 8.68. The smallest absolute Gasteiger partial charge is 0.0456 e. The summed E-state index contributed by atoms with van der Waals surface area (Å²) in [4.78, 5) is 9.70. The first-order chi connectivity index (χ1) is 15.2. The number of aromatic amines is 1. The first-order valence-electron chi connectivity index (χ1n) is 11.5. The van der Waals surface area contributed by atoms with Crippen molar-refractivity contribution in [1.82, 2.24) is 14.8 Å². The van der Waals surface area contributed by atoms with Gasteiger partial charge in [-0.1, -0.05) is 44.7 Å². The zero-order valence-corrected chi connectivity index (χ0v) is 20.4. The zero-order chi connectivity index (χ0) is 22.2. The van der Waals surface area contributed by atoms with Crippen LogP contribution in [0.4, 0.5) is 0 Å². The quantitative estimate of drug-likeness (QED) is 0.431. The van der Waals surface area contributed by atoms with Crippen molar-refractivity contribution in [1.29, 1.82) is 0 Å². The van der Waals surface area contributed by atoms with Crippen LogP contribution < -0.4 is 0 Å². The number of rotatable bonds is 7. The Bertz CT molecular complexity index is 983. The Labute approximate surface area is 192 Å². The minimum atomic E-state index is 1.07. The summed E-state index contributed by atoms with van der Waals surface area (Å²) in [5, 5.41) is 1.36. The van der Waals surface area contributed by atoms with Crippen molar-refractivity contribution in [3.63, 3.8) is 0 Å². The molecule has 0 amide bonds. The fourth-order valence-corrected chi connectivity index (χ4v) is 4.88. The molecule has 1 saturated heterocycles. The molecular weight excluding hydrogens is 398 g/mol.